The van der Waals surface area contributed by atoms with Crippen LogP contribution in [0.15, 0.2) is 24.3 Å². The summed E-state index contributed by atoms with van der Waals surface area (Å²) < 4.78 is 42.8. The van der Waals surface area contributed by atoms with Crippen molar-refractivity contribution < 1.29 is 32.6 Å². The number of hydrogen-bond acceptors (Lipinski definition) is 4. The summed E-state index contributed by atoms with van der Waals surface area (Å²) in [5.74, 6) is -0.965. The van der Waals surface area contributed by atoms with Crippen LogP contribution in [0, 0.1) is 11.3 Å². The largest absolute Gasteiger partial charge is 0.469 e. The van der Waals surface area contributed by atoms with Crippen LogP contribution in [-0.4, -0.2) is 36.2 Å². The zero-order valence-corrected chi connectivity index (χ0v) is 14.2. The third-order valence-electron chi connectivity index (χ3n) is 5.31. The van der Waals surface area contributed by atoms with Crippen molar-refractivity contribution >= 4 is 11.9 Å². The molecule has 0 aliphatic heterocycles. The Morgan fingerprint density at radius 2 is 2.04 bits per heavy atom. The second kappa shape index (κ2) is 6.57. The maximum atomic E-state index is 12.7. The molecule has 5 nitrogen and oxygen atoms in total. The number of amides is 1. The highest BCUT2D eigenvalue weighted by Gasteiger charge is 2.65. The molecule has 1 amide bonds. The average Bonchev–Trinajstić information content (AvgIpc) is 3.28. The second-order valence-corrected chi connectivity index (χ2v) is 7.17. The molecule has 0 heterocycles. The van der Waals surface area contributed by atoms with E-state index in [0.717, 1.165) is 18.6 Å². The summed E-state index contributed by atoms with van der Waals surface area (Å²) >= 11 is 0. The van der Waals surface area contributed by atoms with Crippen molar-refractivity contribution in [2.24, 2.45) is 11.3 Å². The van der Waals surface area contributed by atoms with Crippen molar-refractivity contribution in [3.8, 4) is 0 Å². The number of hydrogen-bond donors (Lipinski definition) is 2. The number of benzene rings is 1. The third kappa shape index (κ3) is 3.70. The first-order valence-electron chi connectivity index (χ1n) is 8.37. The van der Waals surface area contributed by atoms with Crippen molar-refractivity contribution in [3.63, 3.8) is 0 Å². The number of rotatable bonds is 5. The van der Waals surface area contributed by atoms with Gasteiger partial charge in [-0.15, -0.1) is 0 Å². The Labute approximate surface area is 148 Å². The molecule has 0 bridgehead atoms. The predicted molar refractivity (Wildman–Crippen MR) is 84.9 cm³/mol. The second-order valence-electron chi connectivity index (χ2n) is 7.17. The van der Waals surface area contributed by atoms with Crippen LogP contribution in [-0.2, 0) is 26.9 Å². The minimum Gasteiger partial charge on any atom is -0.469 e. The van der Waals surface area contributed by atoms with Crippen LogP contribution < -0.4 is 5.32 Å². The number of carbonyl (C=O) groups excluding carboxylic acids is 2. The van der Waals surface area contributed by atoms with Crippen LogP contribution in [0.3, 0.4) is 0 Å². The van der Waals surface area contributed by atoms with Crippen LogP contribution in [0.4, 0.5) is 13.2 Å². The molecule has 2 aliphatic carbocycles. The molecule has 3 rings (SSSR count). The van der Waals surface area contributed by atoms with Gasteiger partial charge in [0.05, 0.1) is 18.6 Å². The number of carbonyl (C=O) groups is 2. The van der Waals surface area contributed by atoms with E-state index in [-0.39, 0.29) is 35.3 Å². The van der Waals surface area contributed by atoms with Gasteiger partial charge in [-0.1, -0.05) is 18.2 Å². The Balaban J connectivity index is 1.49. The van der Waals surface area contributed by atoms with Crippen LogP contribution >= 0.6 is 0 Å². The zero-order chi connectivity index (χ0) is 19.1. The molecule has 2 saturated carbocycles. The molecule has 0 saturated heterocycles. The Morgan fingerprint density at radius 1 is 1.35 bits per heavy atom. The van der Waals surface area contributed by atoms with E-state index in [1.54, 1.807) is 0 Å². The Kier molecular flexibility index (Phi) is 4.72. The lowest BCUT2D eigenvalue weighted by atomic mass is 9.75. The number of alkyl halides is 3. The molecule has 1 aromatic rings. The van der Waals surface area contributed by atoms with Gasteiger partial charge in [-0.3, -0.25) is 9.59 Å². The number of aliphatic hydroxyl groups is 1. The first kappa shape index (κ1) is 18.7. The summed E-state index contributed by atoms with van der Waals surface area (Å²) in [7, 11) is 1.34. The average molecular weight is 371 g/mol. The summed E-state index contributed by atoms with van der Waals surface area (Å²) in [6, 6.07) is 4.43. The number of esters is 1. The Hall–Kier alpha value is -2.09. The number of nitrogens with one attached hydrogen (secondary N) is 1. The van der Waals surface area contributed by atoms with E-state index in [1.807, 2.05) is 0 Å². The number of aliphatic hydroxyl groups excluding tert-OH is 1. The van der Waals surface area contributed by atoms with E-state index in [1.165, 1.54) is 19.2 Å². The molecule has 1 spiro atoms. The van der Waals surface area contributed by atoms with E-state index in [9.17, 15) is 27.9 Å². The molecular formula is C18H20F3NO4. The highest BCUT2D eigenvalue weighted by atomic mass is 19.4. The minimum atomic E-state index is -4.47. The molecule has 1 aromatic carbocycles. The summed E-state index contributed by atoms with van der Waals surface area (Å²) in [4.78, 5) is 23.6. The molecule has 2 fully saturated rings. The van der Waals surface area contributed by atoms with Gasteiger partial charge < -0.3 is 15.2 Å². The number of ether oxygens (including phenoxy) is 1. The lowest BCUT2D eigenvalue weighted by molar-refractivity contribution is -0.144. The molecule has 2 atom stereocenters. The number of methoxy groups -OCH3 is 1. The molecule has 26 heavy (non-hydrogen) atoms. The van der Waals surface area contributed by atoms with Crippen molar-refractivity contribution in [2.45, 2.75) is 44.0 Å². The zero-order valence-electron chi connectivity index (χ0n) is 14.2. The minimum absolute atomic E-state index is 0.0863. The van der Waals surface area contributed by atoms with Crippen molar-refractivity contribution in [3.05, 3.63) is 35.4 Å². The molecule has 8 heteroatoms. The fourth-order valence-corrected chi connectivity index (χ4v) is 3.79. The fourth-order valence-electron chi connectivity index (χ4n) is 3.79. The van der Waals surface area contributed by atoms with E-state index >= 15 is 0 Å². The summed E-state index contributed by atoms with van der Waals surface area (Å²) in [5.41, 5.74) is -0.663. The maximum Gasteiger partial charge on any atom is 0.416 e. The first-order chi connectivity index (χ1) is 12.1. The van der Waals surface area contributed by atoms with Gasteiger partial charge in [0.1, 0.15) is 6.10 Å². The van der Waals surface area contributed by atoms with Crippen LogP contribution in [0.25, 0.3) is 0 Å². The van der Waals surface area contributed by atoms with Gasteiger partial charge in [0, 0.05) is 12.5 Å². The first-order valence-corrected chi connectivity index (χ1v) is 8.37. The van der Waals surface area contributed by atoms with Gasteiger partial charge in [0.2, 0.25) is 5.91 Å². The topological polar surface area (TPSA) is 75.6 Å². The van der Waals surface area contributed by atoms with Crippen molar-refractivity contribution in [1.29, 1.82) is 0 Å². The van der Waals surface area contributed by atoms with Gasteiger partial charge in [-0.25, -0.2) is 0 Å². The molecular weight excluding hydrogens is 351 g/mol. The summed E-state index contributed by atoms with van der Waals surface area (Å²) in [6.07, 6.45) is -4.05. The standard InChI is InChI=1S/C18H20F3NO4/c1-26-16(25)13-9-17(13)7-12(8-17)22-15(24)14(23)6-10-3-2-4-11(5-10)18(19,20)21/h2-5,12-14,23H,6-9H2,1H3,(H,22,24)/t12?,13-,14?,17?/m0/s1. The molecule has 2 N–H and O–H groups in total. The smallest absolute Gasteiger partial charge is 0.416 e. The van der Waals surface area contributed by atoms with E-state index in [2.05, 4.69) is 5.32 Å². The van der Waals surface area contributed by atoms with Gasteiger partial charge in [-0.05, 0) is 36.3 Å². The van der Waals surface area contributed by atoms with Crippen molar-refractivity contribution in [1.82, 2.24) is 5.32 Å². The molecule has 142 valence electrons. The summed E-state index contributed by atoms with van der Waals surface area (Å²) in [6.45, 7) is 0. The maximum absolute atomic E-state index is 12.7. The van der Waals surface area contributed by atoms with Gasteiger partial charge in [0.25, 0.3) is 0 Å². The fraction of sp³-hybridized carbons (Fsp3) is 0.556. The Morgan fingerprint density at radius 3 is 2.65 bits per heavy atom. The molecule has 0 radical (unpaired) electrons. The third-order valence-corrected chi connectivity index (χ3v) is 5.31. The molecule has 2 aliphatic rings. The highest BCUT2D eigenvalue weighted by Crippen LogP contribution is 2.65. The van der Waals surface area contributed by atoms with Crippen molar-refractivity contribution in [2.75, 3.05) is 7.11 Å². The molecule has 0 aromatic heterocycles. The van der Waals surface area contributed by atoms with Crippen LogP contribution in [0.2, 0.25) is 0 Å². The van der Waals surface area contributed by atoms with Gasteiger partial charge in [0.15, 0.2) is 0 Å². The summed E-state index contributed by atoms with van der Waals surface area (Å²) in [5, 5.41) is 12.7. The Bertz CT molecular complexity index is 713. The quantitative estimate of drug-likeness (QED) is 0.777. The normalized spacial score (nSPS) is 28.2. The van der Waals surface area contributed by atoms with Crippen LogP contribution in [0.5, 0.6) is 0 Å². The number of halogens is 3. The van der Waals surface area contributed by atoms with Crippen LogP contribution in [0.1, 0.15) is 30.4 Å². The van der Waals surface area contributed by atoms with Gasteiger partial charge in [-0.2, -0.15) is 13.2 Å². The lowest BCUT2D eigenvalue weighted by Crippen LogP contribution is -2.50. The highest BCUT2D eigenvalue weighted by molar-refractivity contribution is 5.82. The lowest BCUT2D eigenvalue weighted by Gasteiger charge is -2.37. The van der Waals surface area contributed by atoms with E-state index in [4.69, 9.17) is 4.74 Å². The monoisotopic (exact) mass is 371 g/mol. The predicted octanol–water partition coefficient (Wildman–Crippen LogP) is 2.07. The molecule has 1 unspecified atom stereocenters. The SMILES string of the molecule is COC(=O)[C@@H]1CC12CC(NC(=O)C(O)Cc1cccc(C(F)(F)F)c1)C2. The van der Waals surface area contributed by atoms with E-state index in [0.29, 0.717) is 12.8 Å². The van der Waals surface area contributed by atoms with E-state index < -0.39 is 23.8 Å². The van der Waals surface area contributed by atoms with Gasteiger partial charge >= 0.3 is 12.1 Å².